The molecule has 0 heterocycles. The van der Waals surface area contributed by atoms with Crippen LogP contribution in [0.1, 0.15) is 39.5 Å². The Morgan fingerprint density at radius 2 is 2.00 bits per heavy atom. The largest absolute Gasteiger partial charge is 0.328 e. The van der Waals surface area contributed by atoms with Gasteiger partial charge in [0.05, 0.1) is 0 Å². The molecule has 2 atom stereocenters. The van der Waals surface area contributed by atoms with Crippen LogP contribution in [-0.2, 0) is 0 Å². The molecule has 1 aliphatic rings. The summed E-state index contributed by atoms with van der Waals surface area (Å²) >= 11 is 0. The molecule has 0 aromatic heterocycles. The summed E-state index contributed by atoms with van der Waals surface area (Å²) in [6.07, 6.45) is 5.31. The van der Waals surface area contributed by atoms with Crippen LogP contribution in [0.3, 0.4) is 0 Å². The van der Waals surface area contributed by atoms with Crippen LogP contribution < -0.4 is 5.73 Å². The lowest BCUT2D eigenvalue weighted by Crippen LogP contribution is -2.44. The van der Waals surface area contributed by atoms with E-state index in [1.54, 1.807) is 0 Å². The summed E-state index contributed by atoms with van der Waals surface area (Å²) in [6, 6.07) is 1.83. The van der Waals surface area contributed by atoms with Crippen molar-refractivity contribution in [2.45, 2.75) is 57.7 Å². The van der Waals surface area contributed by atoms with Gasteiger partial charge in [-0.3, -0.25) is 0 Å². The Hall–Kier alpha value is -0.0800. The number of hydrogen-bond donors (Lipinski definition) is 1. The van der Waals surface area contributed by atoms with Gasteiger partial charge >= 0.3 is 0 Å². The number of rotatable bonds is 4. The third-order valence-corrected chi connectivity index (χ3v) is 3.06. The summed E-state index contributed by atoms with van der Waals surface area (Å²) < 4.78 is 0. The number of hydrogen-bond acceptors (Lipinski definition) is 2. The van der Waals surface area contributed by atoms with Crippen molar-refractivity contribution in [3.8, 4) is 0 Å². The molecule has 0 amide bonds. The monoisotopic (exact) mass is 170 g/mol. The van der Waals surface area contributed by atoms with E-state index < -0.39 is 0 Å². The Balaban J connectivity index is 2.24. The SMILES string of the molecule is CC(N)CC(C)N(C)C1CCC1. The van der Waals surface area contributed by atoms with Gasteiger partial charge in [-0.25, -0.2) is 0 Å². The summed E-state index contributed by atoms with van der Waals surface area (Å²) in [5.41, 5.74) is 5.76. The van der Waals surface area contributed by atoms with E-state index in [2.05, 4.69) is 25.8 Å². The van der Waals surface area contributed by atoms with Crippen molar-refractivity contribution in [3.63, 3.8) is 0 Å². The van der Waals surface area contributed by atoms with Crippen molar-refractivity contribution < 1.29 is 0 Å². The van der Waals surface area contributed by atoms with Crippen molar-refractivity contribution in [2.24, 2.45) is 5.73 Å². The zero-order valence-electron chi connectivity index (χ0n) is 8.59. The molecule has 0 spiro atoms. The van der Waals surface area contributed by atoms with Gasteiger partial charge in [0.2, 0.25) is 0 Å². The summed E-state index contributed by atoms with van der Waals surface area (Å²) in [6.45, 7) is 4.37. The van der Waals surface area contributed by atoms with E-state index in [1.807, 2.05) is 0 Å². The van der Waals surface area contributed by atoms with Crippen molar-refractivity contribution >= 4 is 0 Å². The molecule has 1 aliphatic carbocycles. The van der Waals surface area contributed by atoms with Crippen LogP contribution in [0.4, 0.5) is 0 Å². The Morgan fingerprint density at radius 3 is 2.33 bits per heavy atom. The van der Waals surface area contributed by atoms with Crippen LogP contribution in [0.5, 0.6) is 0 Å². The average Bonchev–Trinajstić information content (AvgIpc) is 1.81. The minimum absolute atomic E-state index is 0.336. The molecule has 12 heavy (non-hydrogen) atoms. The first-order valence-electron chi connectivity index (χ1n) is 5.08. The molecule has 0 saturated heterocycles. The predicted octanol–water partition coefficient (Wildman–Crippen LogP) is 1.60. The first kappa shape index (κ1) is 10.0. The van der Waals surface area contributed by atoms with Gasteiger partial charge in [0.25, 0.3) is 0 Å². The molecule has 0 bridgehead atoms. The van der Waals surface area contributed by atoms with Crippen LogP contribution in [0, 0.1) is 0 Å². The predicted molar refractivity (Wildman–Crippen MR) is 53.1 cm³/mol. The van der Waals surface area contributed by atoms with Crippen LogP contribution in [0.2, 0.25) is 0 Å². The molecule has 2 heteroatoms. The van der Waals surface area contributed by atoms with Gasteiger partial charge in [0, 0.05) is 18.1 Å². The fourth-order valence-electron chi connectivity index (χ4n) is 1.86. The zero-order chi connectivity index (χ0) is 9.14. The second kappa shape index (κ2) is 4.24. The van der Waals surface area contributed by atoms with Gasteiger partial charge < -0.3 is 10.6 Å². The summed E-state index contributed by atoms with van der Waals surface area (Å²) in [5.74, 6) is 0. The summed E-state index contributed by atoms with van der Waals surface area (Å²) in [4.78, 5) is 2.49. The molecule has 0 radical (unpaired) electrons. The highest BCUT2D eigenvalue weighted by Crippen LogP contribution is 2.25. The fraction of sp³-hybridized carbons (Fsp3) is 1.00. The van der Waals surface area contributed by atoms with Crippen LogP contribution in [-0.4, -0.2) is 30.1 Å². The lowest BCUT2D eigenvalue weighted by atomic mass is 9.90. The maximum Gasteiger partial charge on any atom is 0.00950 e. The topological polar surface area (TPSA) is 29.3 Å². The zero-order valence-corrected chi connectivity index (χ0v) is 8.59. The number of nitrogens with two attached hydrogens (primary N) is 1. The molecule has 2 unspecified atom stereocenters. The maximum atomic E-state index is 5.76. The Morgan fingerprint density at radius 1 is 1.42 bits per heavy atom. The molecular weight excluding hydrogens is 148 g/mol. The quantitative estimate of drug-likeness (QED) is 0.694. The van der Waals surface area contributed by atoms with E-state index in [4.69, 9.17) is 5.73 Å². The summed E-state index contributed by atoms with van der Waals surface area (Å²) in [7, 11) is 2.23. The van der Waals surface area contributed by atoms with E-state index in [0.29, 0.717) is 12.1 Å². The highest BCUT2D eigenvalue weighted by molar-refractivity contribution is 4.81. The van der Waals surface area contributed by atoms with Gasteiger partial charge in [-0.1, -0.05) is 6.42 Å². The Bertz CT molecular complexity index is 130. The van der Waals surface area contributed by atoms with Crippen LogP contribution >= 0.6 is 0 Å². The summed E-state index contributed by atoms with van der Waals surface area (Å²) in [5, 5.41) is 0. The highest BCUT2D eigenvalue weighted by Gasteiger charge is 2.25. The van der Waals surface area contributed by atoms with Gasteiger partial charge in [0.15, 0.2) is 0 Å². The van der Waals surface area contributed by atoms with Crippen molar-refractivity contribution in [1.82, 2.24) is 4.90 Å². The molecule has 1 rings (SSSR count). The third kappa shape index (κ3) is 2.46. The Labute approximate surface area is 76.1 Å². The minimum Gasteiger partial charge on any atom is -0.328 e. The van der Waals surface area contributed by atoms with E-state index in [0.717, 1.165) is 12.5 Å². The first-order valence-corrected chi connectivity index (χ1v) is 5.08. The minimum atomic E-state index is 0.336. The Kier molecular flexibility index (Phi) is 3.53. The molecule has 1 saturated carbocycles. The molecule has 0 aliphatic heterocycles. The van der Waals surface area contributed by atoms with E-state index >= 15 is 0 Å². The van der Waals surface area contributed by atoms with Gasteiger partial charge in [-0.15, -0.1) is 0 Å². The van der Waals surface area contributed by atoms with Gasteiger partial charge in [0.1, 0.15) is 0 Å². The molecule has 2 nitrogen and oxygen atoms in total. The fourth-order valence-corrected chi connectivity index (χ4v) is 1.86. The van der Waals surface area contributed by atoms with Crippen LogP contribution in [0.25, 0.3) is 0 Å². The molecule has 72 valence electrons. The standard InChI is InChI=1S/C10H22N2/c1-8(11)7-9(2)12(3)10-5-4-6-10/h8-10H,4-7,11H2,1-3H3. The van der Waals surface area contributed by atoms with Crippen molar-refractivity contribution in [1.29, 1.82) is 0 Å². The lowest BCUT2D eigenvalue weighted by molar-refractivity contribution is 0.110. The van der Waals surface area contributed by atoms with E-state index in [1.165, 1.54) is 19.3 Å². The second-order valence-corrected chi connectivity index (χ2v) is 4.31. The molecule has 1 fully saturated rings. The third-order valence-electron chi connectivity index (χ3n) is 3.06. The van der Waals surface area contributed by atoms with Gasteiger partial charge in [-0.2, -0.15) is 0 Å². The molecular formula is C10H22N2. The van der Waals surface area contributed by atoms with Crippen molar-refractivity contribution in [2.75, 3.05) is 7.05 Å². The molecule has 2 N–H and O–H groups in total. The van der Waals surface area contributed by atoms with Crippen molar-refractivity contribution in [3.05, 3.63) is 0 Å². The van der Waals surface area contributed by atoms with Gasteiger partial charge in [-0.05, 0) is 40.2 Å². The smallest absolute Gasteiger partial charge is 0.00950 e. The first-order chi connectivity index (χ1) is 5.61. The highest BCUT2D eigenvalue weighted by atomic mass is 15.2. The molecule has 0 aromatic carbocycles. The average molecular weight is 170 g/mol. The molecule has 0 aromatic rings. The lowest BCUT2D eigenvalue weighted by Gasteiger charge is -2.39. The maximum absolute atomic E-state index is 5.76. The normalized spacial score (nSPS) is 23.8. The van der Waals surface area contributed by atoms with E-state index in [9.17, 15) is 0 Å². The second-order valence-electron chi connectivity index (χ2n) is 4.31. The van der Waals surface area contributed by atoms with E-state index in [-0.39, 0.29) is 0 Å². The number of nitrogens with zero attached hydrogens (tertiary/aromatic N) is 1. The van der Waals surface area contributed by atoms with Crippen LogP contribution in [0.15, 0.2) is 0 Å².